The van der Waals surface area contributed by atoms with E-state index in [1.54, 1.807) is 11.3 Å². The van der Waals surface area contributed by atoms with Crippen LogP contribution in [0.15, 0.2) is 23.3 Å². The van der Waals surface area contributed by atoms with Crippen molar-refractivity contribution in [3.05, 3.63) is 34.8 Å². The summed E-state index contributed by atoms with van der Waals surface area (Å²) in [7, 11) is 0. The Morgan fingerprint density at radius 3 is 3.04 bits per heavy atom. The number of amides is 1. The Bertz CT molecular complexity index is 635. The first kappa shape index (κ1) is 16.2. The van der Waals surface area contributed by atoms with Crippen LogP contribution in [-0.4, -0.2) is 38.4 Å². The molecule has 1 atom stereocenters. The normalized spacial score (nSPS) is 18.6. The van der Waals surface area contributed by atoms with Crippen LogP contribution in [0.4, 0.5) is 0 Å². The lowest BCUT2D eigenvalue weighted by atomic mass is 10.0. The summed E-state index contributed by atoms with van der Waals surface area (Å²) in [5.41, 5.74) is 2.84. The van der Waals surface area contributed by atoms with Gasteiger partial charge in [-0.05, 0) is 19.3 Å². The quantitative estimate of drug-likeness (QED) is 0.844. The summed E-state index contributed by atoms with van der Waals surface area (Å²) in [6.07, 6.45) is 7.40. The highest BCUT2D eigenvalue weighted by atomic mass is 32.1. The minimum atomic E-state index is 0.244. The van der Waals surface area contributed by atoms with Gasteiger partial charge in [-0.1, -0.05) is 13.8 Å². The van der Waals surface area contributed by atoms with Crippen molar-refractivity contribution < 1.29 is 4.79 Å². The number of imidazole rings is 1. The molecule has 0 aliphatic carbocycles. The van der Waals surface area contributed by atoms with Crippen LogP contribution in [0.3, 0.4) is 0 Å². The number of piperidine rings is 1. The molecule has 1 aliphatic rings. The van der Waals surface area contributed by atoms with E-state index in [1.807, 2.05) is 22.0 Å². The third-order valence-corrected chi connectivity index (χ3v) is 5.07. The molecule has 1 saturated heterocycles. The van der Waals surface area contributed by atoms with Crippen LogP contribution in [-0.2, 0) is 11.2 Å². The number of carbonyl (C=O) groups is 1. The van der Waals surface area contributed by atoms with Crippen molar-refractivity contribution in [3.63, 3.8) is 0 Å². The van der Waals surface area contributed by atoms with E-state index in [0.717, 1.165) is 43.9 Å². The van der Waals surface area contributed by atoms with Gasteiger partial charge < -0.3 is 9.47 Å². The van der Waals surface area contributed by atoms with Crippen molar-refractivity contribution in [3.8, 4) is 0 Å². The largest absolute Gasteiger partial charge is 0.341 e. The van der Waals surface area contributed by atoms with Gasteiger partial charge in [0.05, 0.1) is 17.2 Å². The molecule has 1 unspecified atom stereocenters. The van der Waals surface area contributed by atoms with E-state index in [-0.39, 0.29) is 5.91 Å². The fourth-order valence-electron chi connectivity index (χ4n) is 3.24. The number of rotatable bonds is 5. The maximum atomic E-state index is 12.5. The molecule has 124 valence electrons. The summed E-state index contributed by atoms with van der Waals surface area (Å²) in [6.45, 7) is 6.00. The van der Waals surface area contributed by atoms with Gasteiger partial charge in [-0.2, -0.15) is 0 Å². The van der Waals surface area contributed by atoms with Crippen LogP contribution >= 0.6 is 11.3 Å². The van der Waals surface area contributed by atoms with Crippen molar-refractivity contribution in [2.75, 3.05) is 13.1 Å². The van der Waals surface area contributed by atoms with Crippen molar-refractivity contribution in [2.45, 2.75) is 51.5 Å². The summed E-state index contributed by atoms with van der Waals surface area (Å²) in [4.78, 5) is 23.3. The number of thiazole rings is 1. The molecule has 3 heterocycles. The third-order valence-electron chi connectivity index (χ3n) is 4.44. The van der Waals surface area contributed by atoms with Gasteiger partial charge in [-0.3, -0.25) is 4.79 Å². The van der Waals surface area contributed by atoms with Crippen LogP contribution < -0.4 is 0 Å². The van der Waals surface area contributed by atoms with Crippen LogP contribution in [0, 0.1) is 0 Å². The number of hydrogen-bond donors (Lipinski definition) is 0. The topological polar surface area (TPSA) is 51.0 Å². The molecule has 1 amide bonds. The number of aromatic nitrogens is 3. The van der Waals surface area contributed by atoms with Gasteiger partial charge in [0.2, 0.25) is 5.91 Å². The van der Waals surface area contributed by atoms with E-state index in [0.29, 0.717) is 18.4 Å². The predicted octanol–water partition coefficient (Wildman–Crippen LogP) is 3.26. The summed E-state index contributed by atoms with van der Waals surface area (Å²) >= 11 is 1.58. The van der Waals surface area contributed by atoms with E-state index in [2.05, 4.69) is 34.6 Å². The maximum Gasteiger partial charge on any atom is 0.223 e. The fraction of sp³-hybridized carbons (Fsp3) is 0.588. The number of nitrogens with zero attached hydrogens (tertiary/aromatic N) is 4. The highest BCUT2D eigenvalue weighted by Gasteiger charge is 2.26. The van der Waals surface area contributed by atoms with E-state index in [9.17, 15) is 4.79 Å². The molecule has 2 aromatic rings. The summed E-state index contributed by atoms with van der Waals surface area (Å²) < 4.78 is 2.27. The molecule has 0 N–H and O–H groups in total. The zero-order valence-corrected chi connectivity index (χ0v) is 14.6. The third kappa shape index (κ3) is 3.80. The first-order chi connectivity index (χ1) is 11.1. The Kier molecular flexibility index (Phi) is 5.10. The van der Waals surface area contributed by atoms with E-state index >= 15 is 0 Å². The highest BCUT2D eigenvalue weighted by molar-refractivity contribution is 7.07. The Morgan fingerprint density at radius 1 is 1.43 bits per heavy atom. The van der Waals surface area contributed by atoms with Crippen LogP contribution in [0.25, 0.3) is 0 Å². The van der Waals surface area contributed by atoms with Gasteiger partial charge in [0, 0.05) is 43.2 Å². The zero-order chi connectivity index (χ0) is 16.2. The van der Waals surface area contributed by atoms with Crippen LogP contribution in [0.2, 0.25) is 0 Å². The molecule has 6 heteroatoms. The fourth-order valence-corrected chi connectivity index (χ4v) is 3.84. The molecule has 0 saturated carbocycles. The Labute approximate surface area is 141 Å². The molecular formula is C17H24N4OS. The monoisotopic (exact) mass is 332 g/mol. The summed E-state index contributed by atoms with van der Waals surface area (Å²) in [6, 6.07) is 0.354. The first-order valence-corrected chi connectivity index (χ1v) is 9.27. The van der Waals surface area contributed by atoms with Gasteiger partial charge in [-0.25, -0.2) is 9.97 Å². The van der Waals surface area contributed by atoms with Gasteiger partial charge in [0.1, 0.15) is 5.82 Å². The van der Waals surface area contributed by atoms with Gasteiger partial charge in [0.25, 0.3) is 0 Å². The Balaban J connectivity index is 1.61. The lowest BCUT2D eigenvalue weighted by molar-refractivity contribution is -0.132. The maximum absolute atomic E-state index is 12.5. The molecule has 0 aromatic carbocycles. The van der Waals surface area contributed by atoms with E-state index in [1.165, 1.54) is 0 Å². The average molecular weight is 332 g/mol. The number of carbonyl (C=O) groups excluding carboxylic acids is 1. The molecule has 23 heavy (non-hydrogen) atoms. The van der Waals surface area contributed by atoms with Crippen LogP contribution in [0.1, 0.15) is 56.6 Å². The van der Waals surface area contributed by atoms with Crippen molar-refractivity contribution >= 4 is 17.2 Å². The molecule has 0 spiro atoms. The van der Waals surface area contributed by atoms with Gasteiger partial charge in [-0.15, -0.1) is 11.3 Å². The SMILES string of the molecule is CC(C)c1nccn1C1CCCN(C(=O)CCc2cscn2)C1. The molecule has 0 bridgehead atoms. The highest BCUT2D eigenvalue weighted by Crippen LogP contribution is 2.26. The van der Waals surface area contributed by atoms with Crippen molar-refractivity contribution in [1.29, 1.82) is 0 Å². The van der Waals surface area contributed by atoms with E-state index in [4.69, 9.17) is 0 Å². The smallest absolute Gasteiger partial charge is 0.223 e. The molecule has 5 nitrogen and oxygen atoms in total. The van der Waals surface area contributed by atoms with Crippen molar-refractivity contribution in [2.24, 2.45) is 0 Å². The van der Waals surface area contributed by atoms with Gasteiger partial charge in [0.15, 0.2) is 0 Å². The second kappa shape index (κ2) is 7.25. The van der Waals surface area contributed by atoms with Gasteiger partial charge >= 0.3 is 0 Å². The molecule has 1 aliphatic heterocycles. The number of hydrogen-bond acceptors (Lipinski definition) is 4. The zero-order valence-electron chi connectivity index (χ0n) is 13.8. The predicted molar refractivity (Wildman–Crippen MR) is 91.6 cm³/mol. The van der Waals surface area contributed by atoms with Crippen molar-refractivity contribution in [1.82, 2.24) is 19.4 Å². The number of likely N-dealkylation sites (tertiary alicyclic amines) is 1. The molecule has 0 radical (unpaired) electrons. The Hall–Kier alpha value is -1.69. The first-order valence-electron chi connectivity index (χ1n) is 8.32. The molecular weight excluding hydrogens is 308 g/mol. The lowest BCUT2D eigenvalue weighted by Crippen LogP contribution is -2.41. The van der Waals surface area contributed by atoms with Crippen LogP contribution in [0.5, 0.6) is 0 Å². The standard InChI is InChI=1S/C17H24N4OS/c1-13(2)17-18-7-9-21(17)15-4-3-8-20(10-15)16(22)6-5-14-11-23-12-19-14/h7,9,11-13,15H,3-6,8,10H2,1-2H3. The average Bonchev–Trinajstić information content (AvgIpc) is 3.24. The molecule has 2 aromatic heterocycles. The summed E-state index contributed by atoms with van der Waals surface area (Å²) in [5.74, 6) is 1.77. The second-order valence-electron chi connectivity index (χ2n) is 6.46. The second-order valence-corrected chi connectivity index (χ2v) is 7.18. The van der Waals surface area contributed by atoms with E-state index < -0.39 is 0 Å². The molecule has 1 fully saturated rings. The molecule has 3 rings (SSSR count). The lowest BCUT2D eigenvalue weighted by Gasteiger charge is -2.34. The Morgan fingerprint density at radius 2 is 2.30 bits per heavy atom. The minimum absolute atomic E-state index is 0.244. The summed E-state index contributed by atoms with van der Waals surface area (Å²) in [5, 5.41) is 2.02. The minimum Gasteiger partial charge on any atom is -0.341 e. The number of aryl methyl sites for hydroxylation is 1.